The highest BCUT2D eigenvalue weighted by atomic mass is 35.5. The molecule has 4 aromatic rings. The monoisotopic (exact) mass is 456 g/mol. The molecule has 2 aromatic heterocycles. The second kappa shape index (κ2) is 9.39. The zero-order valence-electron chi connectivity index (χ0n) is 17.4. The molecule has 0 spiro atoms. The molecule has 0 aliphatic heterocycles. The van der Waals surface area contributed by atoms with Crippen molar-refractivity contribution in [3.63, 3.8) is 0 Å². The van der Waals surface area contributed by atoms with Crippen LogP contribution in [0, 0.1) is 18.3 Å². The van der Waals surface area contributed by atoms with Crippen LogP contribution in [0.25, 0.3) is 11.7 Å². The Hall–Kier alpha value is -4.41. The minimum Gasteiger partial charge on any atom is -0.438 e. The molecule has 0 aliphatic rings. The highest BCUT2D eigenvalue weighted by Gasteiger charge is 2.17. The molecule has 0 radical (unpaired) electrons. The maximum absolute atomic E-state index is 13.2. The third-order valence-electron chi connectivity index (χ3n) is 4.73. The van der Waals surface area contributed by atoms with Crippen molar-refractivity contribution in [3.05, 3.63) is 105 Å². The van der Waals surface area contributed by atoms with Crippen molar-refractivity contribution < 1.29 is 9.53 Å². The number of aromatic nitrogens is 2. The SMILES string of the molecule is Cc1ccc(NC(=O)/C(C#N)=C/c2c(Oc3ccc(Cl)cc3)nc3ccccn3c2=O)cc1. The Bertz CT molecular complexity index is 1470. The van der Waals surface area contributed by atoms with Crippen LogP contribution in [0.4, 0.5) is 5.69 Å². The molecular weight excluding hydrogens is 440 g/mol. The highest BCUT2D eigenvalue weighted by molar-refractivity contribution is 6.30. The number of amides is 1. The molecule has 162 valence electrons. The van der Waals surface area contributed by atoms with Crippen molar-refractivity contribution in [1.29, 1.82) is 5.26 Å². The third-order valence-corrected chi connectivity index (χ3v) is 4.98. The number of rotatable bonds is 5. The molecule has 7 nitrogen and oxygen atoms in total. The van der Waals surface area contributed by atoms with E-state index in [0.29, 0.717) is 22.1 Å². The number of pyridine rings is 1. The fourth-order valence-electron chi connectivity index (χ4n) is 3.03. The van der Waals surface area contributed by atoms with Crippen molar-refractivity contribution >= 4 is 34.9 Å². The van der Waals surface area contributed by atoms with E-state index in [0.717, 1.165) is 5.56 Å². The van der Waals surface area contributed by atoms with Gasteiger partial charge in [0.1, 0.15) is 28.6 Å². The summed E-state index contributed by atoms with van der Waals surface area (Å²) < 4.78 is 7.15. The third kappa shape index (κ3) is 4.92. The van der Waals surface area contributed by atoms with Gasteiger partial charge in [-0.3, -0.25) is 14.0 Å². The van der Waals surface area contributed by atoms with Gasteiger partial charge in [0.15, 0.2) is 0 Å². The number of ether oxygens (including phenoxy) is 1. The van der Waals surface area contributed by atoms with E-state index in [9.17, 15) is 14.9 Å². The molecule has 33 heavy (non-hydrogen) atoms. The van der Waals surface area contributed by atoms with Gasteiger partial charge in [0.25, 0.3) is 11.5 Å². The average molecular weight is 457 g/mol. The molecule has 0 bridgehead atoms. The van der Waals surface area contributed by atoms with E-state index in [2.05, 4.69) is 10.3 Å². The van der Waals surface area contributed by atoms with E-state index in [1.54, 1.807) is 60.8 Å². The molecule has 1 N–H and O–H groups in total. The number of carbonyl (C=O) groups is 1. The number of hydrogen-bond acceptors (Lipinski definition) is 5. The molecule has 0 fully saturated rings. The first-order valence-electron chi connectivity index (χ1n) is 9.89. The number of nitriles is 1. The summed E-state index contributed by atoms with van der Waals surface area (Å²) in [6.07, 6.45) is 2.73. The smallest absolute Gasteiger partial charge is 0.269 e. The number of carbonyl (C=O) groups excluding carboxylic acids is 1. The molecular formula is C25H17ClN4O3. The predicted octanol–water partition coefficient (Wildman–Crippen LogP) is 4.99. The Kier molecular flexibility index (Phi) is 6.20. The predicted molar refractivity (Wildman–Crippen MR) is 126 cm³/mol. The van der Waals surface area contributed by atoms with E-state index in [1.807, 2.05) is 25.1 Å². The van der Waals surface area contributed by atoms with Gasteiger partial charge in [0.05, 0.1) is 0 Å². The van der Waals surface area contributed by atoms with Crippen molar-refractivity contribution in [2.24, 2.45) is 0 Å². The Labute approximate surface area is 194 Å². The lowest BCUT2D eigenvalue weighted by atomic mass is 10.1. The average Bonchev–Trinajstić information content (AvgIpc) is 2.82. The summed E-state index contributed by atoms with van der Waals surface area (Å²) in [6, 6.07) is 20.6. The molecule has 0 aliphatic carbocycles. The maximum Gasteiger partial charge on any atom is 0.269 e. The lowest BCUT2D eigenvalue weighted by molar-refractivity contribution is -0.112. The molecule has 2 aromatic carbocycles. The van der Waals surface area contributed by atoms with Crippen LogP contribution in [0.2, 0.25) is 5.02 Å². The second-order valence-corrected chi connectivity index (χ2v) is 7.55. The normalized spacial score (nSPS) is 11.1. The van der Waals surface area contributed by atoms with Gasteiger partial charge in [-0.2, -0.15) is 10.2 Å². The number of anilines is 1. The first kappa shape index (κ1) is 21.8. The first-order valence-corrected chi connectivity index (χ1v) is 10.3. The number of nitrogens with zero attached hydrogens (tertiary/aromatic N) is 3. The van der Waals surface area contributed by atoms with Crippen LogP contribution >= 0.6 is 11.6 Å². The number of halogens is 1. The fraction of sp³-hybridized carbons (Fsp3) is 0.0400. The molecule has 0 atom stereocenters. The van der Waals surface area contributed by atoms with Gasteiger partial charge >= 0.3 is 0 Å². The Morgan fingerprint density at radius 1 is 1.12 bits per heavy atom. The number of hydrogen-bond donors (Lipinski definition) is 1. The summed E-state index contributed by atoms with van der Waals surface area (Å²) >= 11 is 5.93. The van der Waals surface area contributed by atoms with E-state index in [1.165, 1.54) is 10.5 Å². The zero-order valence-corrected chi connectivity index (χ0v) is 18.2. The number of fused-ring (bicyclic) bond motifs is 1. The Morgan fingerprint density at radius 3 is 2.55 bits per heavy atom. The number of aryl methyl sites for hydroxylation is 1. The van der Waals surface area contributed by atoms with Crippen LogP contribution in [-0.2, 0) is 4.79 Å². The molecule has 0 unspecified atom stereocenters. The van der Waals surface area contributed by atoms with Gasteiger partial charge in [0, 0.05) is 16.9 Å². The molecule has 0 saturated heterocycles. The molecule has 0 saturated carbocycles. The van der Waals surface area contributed by atoms with Crippen molar-refractivity contribution in [3.8, 4) is 17.7 Å². The lowest BCUT2D eigenvalue weighted by Crippen LogP contribution is -2.20. The second-order valence-electron chi connectivity index (χ2n) is 7.11. The zero-order chi connectivity index (χ0) is 23.4. The standard InChI is InChI=1S/C25H17ClN4O3/c1-16-5-9-19(10-6-16)28-23(31)17(15-27)14-21-24(33-20-11-7-18(26)8-12-20)29-22-4-2-3-13-30(22)25(21)32/h2-14H,1H3,(H,28,31)/b17-14+. The largest absolute Gasteiger partial charge is 0.438 e. The van der Waals surface area contributed by atoms with E-state index in [-0.39, 0.29) is 17.0 Å². The Balaban J connectivity index is 1.78. The van der Waals surface area contributed by atoms with Crippen molar-refractivity contribution in [2.75, 3.05) is 5.32 Å². The van der Waals surface area contributed by atoms with E-state index >= 15 is 0 Å². The van der Waals surface area contributed by atoms with Gasteiger partial charge in [-0.05, 0) is 61.5 Å². The van der Waals surface area contributed by atoms with Crippen molar-refractivity contribution in [2.45, 2.75) is 6.92 Å². The van der Waals surface area contributed by atoms with Crippen LogP contribution in [0.15, 0.2) is 83.3 Å². The minimum absolute atomic E-state index is 0.0376. The number of nitrogens with one attached hydrogen (secondary N) is 1. The van der Waals surface area contributed by atoms with Gasteiger partial charge < -0.3 is 10.1 Å². The van der Waals surface area contributed by atoms with Crippen molar-refractivity contribution in [1.82, 2.24) is 9.38 Å². The maximum atomic E-state index is 13.2. The van der Waals surface area contributed by atoms with Gasteiger partial charge in [-0.25, -0.2) is 0 Å². The van der Waals surface area contributed by atoms with Gasteiger partial charge in [-0.1, -0.05) is 35.4 Å². The van der Waals surface area contributed by atoms with Crippen LogP contribution in [0.1, 0.15) is 11.1 Å². The number of benzene rings is 2. The minimum atomic E-state index is -0.656. The summed E-state index contributed by atoms with van der Waals surface area (Å²) in [5, 5.41) is 12.8. The lowest BCUT2D eigenvalue weighted by Gasteiger charge is -2.10. The summed E-state index contributed by atoms with van der Waals surface area (Å²) in [4.78, 5) is 30.3. The quantitative estimate of drug-likeness (QED) is 0.337. The van der Waals surface area contributed by atoms with Crippen LogP contribution < -0.4 is 15.6 Å². The van der Waals surface area contributed by atoms with Crippen LogP contribution in [0.3, 0.4) is 0 Å². The summed E-state index contributed by atoms with van der Waals surface area (Å²) in [7, 11) is 0. The van der Waals surface area contributed by atoms with Crippen LogP contribution in [-0.4, -0.2) is 15.3 Å². The summed E-state index contributed by atoms with van der Waals surface area (Å²) in [5.74, 6) is -0.301. The summed E-state index contributed by atoms with van der Waals surface area (Å²) in [5.41, 5.74) is 1.11. The Morgan fingerprint density at radius 2 is 1.85 bits per heavy atom. The molecule has 4 rings (SSSR count). The van der Waals surface area contributed by atoms with Crippen LogP contribution in [0.5, 0.6) is 11.6 Å². The topological polar surface area (TPSA) is 96.5 Å². The molecule has 2 heterocycles. The summed E-state index contributed by atoms with van der Waals surface area (Å²) in [6.45, 7) is 1.93. The van der Waals surface area contributed by atoms with Gasteiger partial charge in [0.2, 0.25) is 5.88 Å². The highest BCUT2D eigenvalue weighted by Crippen LogP contribution is 2.25. The van der Waals surface area contributed by atoms with Gasteiger partial charge in [-0.15, -0.1) is 0 Å². The fourth-order valence-corrected chi connectivity index (χ4v) is 3.15. The first-order chi connectivity index (χ1) is 15.9. The molecule has 1 amide bonds. The van der Waals surface area contributed by atoms with E-state index in [4.69, 9.17) is 16.3 Å². The molecule has 8 heteroatoms. The van der Waals surface area contributed by atoms with E-state index < -0.39 is 11.5 Å².